The van der Waals surface area contributed by atoms with Crippen LogP contribution in [0.1, 0.15) is 45.2 Å². The first-order valence-corrected chi connectivity index (χ1v) is 6.07. The molecule has 0 bridgehead atoms. The van der Waals surface area contributed by atoms with Crippen LogP contribution in [0.3, 0.4) is 0 Å². The van der Waals surface area contributed by atoms with Gasteiger partial charge in [-0.15, -0.1) is 0 Å². The van der Waals surface area contributed by atoms with E-state index >= 15 is 0 Å². The van der Waals surface area contributed by atoms with Crippen LogP contribution in [0.5, 0.6) is 0 Å². The second kappa shape index (κ2) is 5.44. The van der Waals surface area contributed by atoms with E-state index < -0.39 is 0 Å². The number of nitrogens with zero attached hydrogens (tertiary/aromatic N) is 1. The van der Waals surface area contributed by atoms with E-state index in [-0.39, 0.29) is 5.41 Å². The maximum Gasteiger partial charge on any atom is 0.0305 e. The summed E-state index contributed by atoms with van der Waals surface area (Å²) in [5.74, 6) is 0. The Morgan fingerprint density at radius 2 is 2.00 bits per heavy atom. The largest absolute Gasteiger partial charge is 0.315 e. The molecular formula is C14H24N2. The summed E-state index contributed by atoms with van der Waals surface area (Å²) in [6, 6.07) is 2.80. The lowest BCUT2D eigenvalue weighted by atomic mass is 9.82. The van der Waals surface area contributed by atoms with Crippen molar-refractivity contribution in [2.75, 3.05) is 6.54 Å². The molecule has 0 fully saturated rings. The molecule has 0 radical (unpaired) electrons. The molecule has 0 amide bonds. The van der Waals surface area contributed by atoms with E-state index in [9.17, 15) is 0 Å². The van der Waals surface area contributed by atoms with Crippen LogP contribution in [0.4, 0.5) is 0 Å². The molecule has 0 spiro atoms. The number of hydrogen-bond acceptors (Lipinski definition) is 2. The maximum absolute atomic E-state index is 4.27. The van der Waals surface area contributed by atoms with Gasteiger partial charge in [-0.25, -0.2) is 0 Å². The van der Waals surface area contributed by atoms with Gasteiger partial charge in [-0.05, 0) is 36.4 Å². The molecule has 0 aromatic carbocycles. The zero-order chi connectivity index (χ0) is 12.2. The van der Waals surface area contributed by atoms with E-state index in [4.69, 9.17) is 0 Å². The fourth-order valence-corrected chi connectivity index (χ4v) is 1.74. The number of aryl methyl sites for hydroxylation is 1. The number of nitrogens with one attached hydrogen (secondary N) is 1. The highest BCUT2D eigenvalue weighted by atomic mass is 14.9. The number of pyridine rings is 1. The SMILES string of the molecule is Cc1cncc(C(C)(C)CCNC(C)C)c1. The van der Waals surface area contributed by atoms with Gasteiger partial charge in [0.15, 0.2) is 0 Å². The molecule has 1 heterocycles. The van der Waals surface area contributed by atoms with Crippen molar-refractivity contribution in [2.45, 2.75) is 52.5 Å². The fraction of sp³-hybridized carbons (Fsp3) is 0.643. The Kier molecular flexibility index (Phi) is 4.48. The van der Waals surface area contributed by atoms with E-state index in [2.05, 4.69) is 51.0 Å². The Labute approximate surface area is 99.5 Å². The van der Waals surface area contributed by atoms with Gasteiger partial charge in [-0.3, -0.25) is 4.98 Å². The van der Waals surface area contributed by atoms with E-state index in [1.807, 2.05) is 12.4 Å². The van der Waals surface area contributed by atoms with Crippen LogP contribution in [-0.4, -0.2) is 17.6 Å². The average Bonchev–Trinajstić information content (AvgIpc) is 2.16. The van der Waals surface area contributed by atoms with Crippen LogP contribution < -0.4 is 5.32 Å². The van der Waals surface area contributed by atoms with Crippen LogP contribution in [-0.2, 0) is 5.41 Å². The number of aromatic nitrogens is 1. The molecule has 1 rings (SSSR count). The Morgan fingerprint density at radius 1 is 1.31 bits per heavy atom. The van der Waals surface area contributed by atoms with E-state index in [1.165, 1.54) is 11.1 Å². The quantitative estimate of drug-likeness (QED) is 0.825. The van der Waals surface area contributed by atoms with Crippen molar-refractivity contribution in [3.05, 3.63) is 29.6 Å². The molecule has 1 N–H and O–H groups in total. The summed E-state index contributed by atoms with van der Waals surface area (Å²) in [4.78, 5) is 4.27. The zero-order valence-electron chi connectivity index (χ0n) is 11.2. The highest BCUT2D eigenvalue weighted by molar-refractivity contribution is 5.24. The molecule has 0 aliphatic carbocycles. The van der Waals surface area contributed by atoms with Crippen molar-refractivity contribution >= 4 is 0 Å². The zero-order valence-corrected chi connectivity index (χ0v) is 11.2. The van der Waals surface area contributed by atoms with Gasteiger partial charge in [-0.2, -0.15) is 0 Å². The monoisotopic (exact) mass is 220 g/mol. The molecular weight excluding hydrogens is 196 g/mol. The minimum Gasteiger partial charge on any atom is -0.315 e. The lowest BCUT2D eigenvalue weighted by Crippen LogP contribution is -2.29. The van der Waals surface area contributed by atoms with Gasteiger partial charge in [0.1, 0.15) is 0 Å². The average molecular weight is 220 g/mol. The lowest BCUT2D eigenvalue weighted by molar-refractivity contribution is 0.440. The first-order valence-electron chi connectivity index (χ1n) is 6.07. The Morgan fingerprint density at radius 3 is 2.56 bits per heavy atom. The fourth-order valence-electron chi connectivity index (χ4n) is 1.74. The predicted molar refractivity (Wildman–Crippen MR) is 69.8 cm³/mol. The molecule has 2 nitrogen and oxygen atoms in total. The highest BCUT2D eigenvalue weighted by Crippen LogP contribution is 2.26. The number of hydrogen-bond donors (Lipinski definition) is 1. The molecule has 2 heteroatoms. The van der Waals surface area contributed by atoms with Gasteiger partial charge in [0.2, 0.25) is 0 Å². The Hall–Kier alpha value is -0.890. The molecule has 1 aromatic heterocycles. The standard InChI is InChI=1S/C14H24N2/c1-11(2)16-7-6-14(4,5)13-8-12(3)9-15-10-13/h8-11,16H,6-7H2,1-5H3. The summed E-state index contributed by atoms with van der Waals surface area (Å²) in [6.45, 7) is 12.1. The maximum atomic E-state index is 4.27. The third-order valence-electron chi connectivity index (χ3n) is 2.96. The Bertz CT molecular complexity index is 329. The van der Waals surface area contributed by atoms with Crippen LogP contribution in [0, 0.1) is 6.92 Å². The third kappa shape index (κ3) is 3.93. The van der Waals surface area contributed by atoms with Crippen molar-refractivity contribution in [1.29, 1.82) is 0 Å². The Balaban J connectivity index is 2.62. The first-order chi connectivity index (χ1) is 7.42. The summed E-state index contributed by atoms with van der Waals surface area (Å²) in [5.41, 5.74) is 2.77. The molecule has 0 saturated heterocycles. The van der Waals surface area contributed by atoms with Gasteiger partial charge in [0.25, 0.3) is 0 Å². The summed E-state index contributed by atoms with van der Waals surface area (Å²) in [6.07, 6.45) is 5.03. The van der Waals surface area contributed by atoms with Crippen LogP contribution in [0.15, 0.2) is 18.5 Å². The minimum absolute atomic E-state index is 0.195. The second-order valence-electron chi connectivity index (χ2n) is 5.49. The van der Waals surface area contributed by atoms with Gasteiger partial charge >= 0.3 is 0 Å². The first kappa shape index (κ1) is 13.2. The normalized spacial score (nSPS) is 12.1. The number of rotatable bonds is 5. The van der Waals surface area contributed by atoms with Gasteiger partial charge < -0.3 is 5.32 Å². The molecule has 16 heavy (non-hydrogen) atoms. The van der Waals surface area contributed by atoms with Crippen LogP contribution in [0.25, 0.3) is 0 Å². The molecule has 0 saturated carbocycles. The molecule has 90 valence electrons. The van der Waals surface area contributed by atoms with Gasteiger partial charge in [-0.1, -0.05) is 33.8 Å². The molecule has 0 unspecified atom stereocenters. The van der Waals surface area contributed by atoms with E-state index in [0.29, 0.717) is 6.04 Å². The predicted octanol–water partition coefficient (Wildman–Crippen LogP) is 3.06. The van der Waals surface area contributed by atoms with Gasteiger partial charge in [0, 0.05) is 18.4 Å². The van der Waals surface area contributed by atoms with Crippen molar-refractivity contribution in [3.8, 4) is 0 Å². The minimum atomic E-state index is 0.195. The molecule has 1 aromatic rings. The topological polar surface area (TPSA) is 24.9 Å². The molecule has 0 aliphatic heterocycles. The third-order valence-corrected chi connectivity index (χ3v) is 2.96. The van der Waals surface area contributed by atoms with Crippen molar-refractivity contribution < 1.29 is 0 Å². The van der Waals surface area contributed by atoms with E-state index in [0.717, 1.165) is 13.0 Å². The van der Waals surface area contributed by atoms with Crippen molar-refractivity contribution in [3.63, 3.8) is 0 Å². The molecule has 0 aliphatic rings. The summed E-state index contributed by atoms with van der Waals surface area (Å²) in [7, 11) is 0. The van der Waals surface area contributed by atoms with Crippen LogP contribution in [0.2, 0.25) is 0 Å². The lowest BCUT2D eigenvalue weighted by Gasteiger charge is -2.26. The van der Waals surface area contributed by atoms with Crippen LogP contribution >= 0.6 is 0 Å². The smallest absolute Gasteiger partial charge is 0.0305 e. The van der Waals surface area contributed by atoms with Crippen molar-refractivity contribution in [2.24, 2.45) is 0 Å². The summed E-state index contributed by atoms with van der Waals surface area (Å²) >= 11 is 0. The molecule has 0 atom stereocenters. The second-order valence-corrected chi connectivity index (χ2v) is 5.49. The van der Waals surface area contributed by atoms with Crippen molar-refractivity contribution in [1.82, 2.24) is 10.3 Å². The van der Waals surface area contributed by atoms with E-state index in [1.54, 1.807) is 0 Å². The highest BCUT2D eigenvalue weighted by Gasteiger charge is 2.20. The summed E-state index contributed by atoms with van der Waals surface area (Å²) < 4.78 is 0. The summed E-state index contributed by atoms with van der Waals surface area (Å²) in [5, 5.41) is 3.47. The van der Waals surface area contributed by atoms with Gasteiger partial charge in [0.05, 0.1) is 0 Å².